The van der Waals surface area contributed by atoms with E-state index >= 15 is 0 Å². The molecule has 1 N–H and O–H groups in total. The van der Waals surface area contributed by atoms with Gasteiger partial charge in [0, 0.05) is 6.92 Å². The van der Waals surface area contributed by atoms with Crippen LogP contribution in [-0.2, 0) is 9.59 Å². The minimum Gasteiger partial charge on any atom is -0.340 e. The van der Waals surface area contributed by atoms with Crippen LogP contribution in [0.5, 0.6) is 0 Å². The molecule has 1 amide bonds. The minimum atomic E-state index is -0.801. The van der Waals surface area contributed by atoms with Crippen molar-refractivity contribution in [2.75, 3.05) is 0 Å². The summed E-state index contributed by atoms with van der Waals surface area (Å²) in [5.74, 6) is -1.42. The van der Waals surface area contributed by atoms with Gasteiger partial charge in [0.05, 0.1) is 4.88 Å². The first kappa shape index (κ1) is 14.6. The number of carbonyl (C=O) groups excluding carboxylic acids is 3. The van der Waals surface area contributed by atoms with E-state index in [0.29, 0.717) is 4.88 Å². The molecule has 1 aromatic rings. The molecule has 0 aliphatic rings. The molecule has 0 saturated carbocycles. The maximum Gasteiger partial charge on any atom is 0.261 e. The fourth-order valence-electron chi connectivity index (χ4n) is 1.49. The molecule has 0 aliphatic heterocycles. The number of hydrogen-bond acceptors (Lipinski definition) is 4. The van der Waals surface area contributed by atoms with E-state index < -0.39 is 23.0 Å². The zero-order valence-corrected chi connectivity index (χ0v) is 11.8. The van der Waals surface area contributed by atoms with Crippen molar-refractivity contribution in [1.82, 2.24) is 5.32 Å². The van der Waals surface area contributed by atoms with Gasteiger partial charge >= 0.3 is 0 Å². The molecule has 0 aromatic carbocycles. The van der Waals surface area contributed by atoms with Crippen molar-refractivity contribution in [3.8, 4) is 0 Å². The average molecular weight is 267 g/mol. The van der Waals surface area contributed by atoms with Gasteiger partial charge in [0.25, 0.3) is 5.91 Å². The van der Waals surface area contributed by atoms with E-state index in [9.17, 15) is 14.4 Å². The highest BCUT2D eigenvalue weighted by Gasteiger charge is 2.34. The molecule has 0 radical (unpaired) electrons. The van der Waals surface area contributed by atoms with Crippen LogP contribution < -0.4 is 5.32 Å². The van der Waals surface area contributed by atoms with Crippen molar-refractivity contribution in [3.05, 3.63) is 22.4 Å². The third-order valence-corrected chi connectivity index (χ3v) is 3.36. The molecule has 0 fully saturated rings. The Morgan fingerprint density at radius 3 is 2.28 bits per heavy atom. The van der Waals surface area contributed by atoms with E-state index in [2.05, 4.69) is 5.32 Å². The molecule has 1 aromatic heterocycles. The lowest BCUT2D eigenvalue weighted by molar-refractivity contribution is -0.138. The van der Waals surface area contributed by atoms with E-state index in [-0.39, 0.29) is 5.91 Å². The molecule has 0 saturated heterocycles. The second-order valence-corrected chi connectivity index (χ2v) is 6.12. The molecule has 98 valence electrons. The Hall–Kier alpha value is -1.49. The number of amides is 1. The maximum atomic E-state index is 11.9. The SMILES string of the molecule is CC(=O)C(=O)C(NC(=O)c1cccs1)C(C)(C)C. The van der Waals surface area contributed by atoms with Crippen LogP contribution in [0.3, 0.4) is 0 Å². The van der Waals surface area contributed by atoms with Crippen LogP contribution in [0.15, 0.2) is 17.5 Å². The highest BCUT2D eigenvalue weighted by Crippen LogP contribution is 2.21. The first-order chi connectivity index (χ1) is 8.23. The zero-order valence-electron chi connectivity index (χ0n) is 10.9. The average Bonchev–Trinajstić information content (AvgIpc) is 2.76. The molecular weight excluding hydrogens is 250 g/mol. The normalized spacial score (nSPS) is 12.9. The second-order valence-electron chi connectivity index (χ2n) is 5.17. The Balaban J connectivity index is 2.90. The summed E-state index contributed by atoms with van der Waals surface area (Å²) in [5.41, 5.74) is -0.504. The molecule has 1 heterocycles. The zero-order chi connectivity index (χ0) is 13.9. The van der Waals surface area contributed by atoms with Gasteiger partial charge in [0.2, 0.25) is 5.78 Å². The molecule has 1 unspecified atom stereocenters. The van der Waals surface area contributed by atoms with E-state index in [0.717, 1.165) is 0 Å². The quantitative estimate of drug-likeness (QED) is 0.849. The fourth-order valence-corrected chi connectivity index (χ4v) is 2.12. The van der Waals surface area contributed by atoms with Gasteiger partial charge in [-0.15, -0.1) is 11.3 Å². The third-order valence-electron chi connectivity index (χ3n) is 2.50. The first-order valence-electron chi connectivity index (χ1n) is 5.62. The maximum absolute atomic E-state index is 11.9. The van der Waals surface area contributed by atoms with Gasteiger partial charge in [-0.3, -0.25) is 14.4 Å². The van der Waals surface area contributed by atoms with Gasteiger partial charge in [0.1, 0.15) is 6.04 Å². The van der Waals surface area contributed by atoms with Crippen LogP contribution in [0.1, 0.15) is 37.4 Å². The lowest BCUT2D eigenvalue weighted by Crippen LogP contribution is -2.50. The van der Waals surface area contributed by atoms with Crippen LogP contribution in [0.2, 0.25) is 0 Å². The molecular formula is C13H17NO3S. The summed E-state index contributed by atoms with van der Waals surface area (Å²) in [7, 11) is 0. The number of hydrogen-bond donors (Lipinski definition) is 1. The summed E-state index contributed by atoms with van der Waals surface area (Å²) in [4.78, 5) is 35.5. The number of nitrogens with one attached hydrogen (secondary N) is 1. The fraction of sp³-hybridized carbons (Fsp3) is 0.462. The molecule has 4 nitrogen and oxygen atoms in total. The van der Waals surface area contributed by atoms with Crippen LogP contribution in [-0.4, -0.2) is 23.5 Å². The number of thiophene rings is 1. The molecule has 5 heteroatoms. The lowest BCUT2D eigenvalue weighted by Gasteiger charge is -2.29. The molecule has 1 atom stereocenters. The van der Waals surface area contributed by atoms with Crippen molar-refractivity contribution < 1.29 is 14.4 Å². The molecule has 18 heavy (non-hydrogen) atoms. The van der Waals surface area contributed by atoms with Gasteiger partial charge in [-0.25, -0.2) is 0 Å². The number of carbonyl (C=O) groups is 3. The summed E-state index contributed by atoms with van der Waals surface area (Å²) in [5, 5.41) is 4.43. The summed E-state index contributed by atoms with van der Waals surface area (Å²) >= 11 is 1.30. The highest BCUT2D eigenvalue weighted by molar-refractivity contribution is 7.12. The van der Waals surface area contributed by atoms with Crippen molar-refractivity contribution >= 4 is 28.8 Å². The van der Waals surface area contributed by atoms with Gasteiger partial charge in [-0.2, -0.15) is 0 Å². The van der Waals surface area contributed by atoms with Crippen molar-refractivity contribution in [2.24, 2.45) is 5.41 Å². The van der Waals surface area contributed by atoms with E-state index in [1.165, 1.54) is 18.3 Å². The van der Waals surface area contributed by atoms with Crippen molar-refractivity contribution in [3.63, 3.8) is 0 Å². The third kappa shape index (κ3) is 3.50. The minimum absolute atomic E-state index is 0.320. The van der Waals surface area contributed by atoms with E-state index in [1.54, 1.807) is 17.5 Å². The summed E-state index contributed by atoms with van der Waals surface area (Å²) in [6.07, 6.45) is 0. The lowest BCUT2D eigenvalue weighted by atomic mass is 9.83. The van der Waals surface area contributed by atoms with Crippen LogP contribution in [0.25, 0.3) is 0 Å². The Morgan fingerprint density at radius 1 is 1.28 bits per heavy atom. The van der Waals surface area contributed by atoms with Crippen molar-refractivity contribution in [2.45, 2.75) is 33.7 Å². The topological polar surface area (TPSA) is 63.2 Å². The van der Waals surface area contributed by atoms with Gasteiger partial charge in [0.15, 0.2) is 5.78 Å². The number of ketones is 2. The first-order valence-corrected chi connectivity index (χ1v) is 6.50. The molecule has 0 aliphatic carbocycles. The second kappa shape index (κ2) is 5.44. The van der Waals surface area contributed by atoms with Gasteiger partial charge in [-0.1, -0.05) is 26.8 Å². The van der Waals surface area contributed by atoms with E-state index in [1.807, 2.05) is 20.8 Å². The van der Waals surface area contributed by atoms with Crippen LogP contribution in [0.4, 0.5) is 0 Å². The smallest absolute Gasteiger partial charge is 0.261 e. The Morgan fingerprint density at radius 2 is 1.89 bits per heavy atom. The summed E-state index contributed by atoms with van der Waals surface area (Å²) in [6.45, 7) is 6.66. The predicted molar refractivity (Wildman–Crippen MR) is 70.7 cm³/mol. The predicted octanol–water partition coefficient (Wildman–Crippen LogP) is 2.05. The van der Waals surface area contributed by atoms with Crippen molar-refractivity contribution in [1.29, 1.82) is 0 Å². The number of rotatable bonds is 4. The Bertz CT molecular complexity index is 457. The monoisotopic (exact) mass is 267 g/mol. The summed E-state index contributed by atoms with van der Waals surface area (Å²) in [6, 6.07) is 2.64. The van der Waals surface area contributed by atoms with Crippen LogP contribution in [0, 0.1) is 5.41 Å². The Labute approximate surface area is 110 Å². The molecule has 1 rings (SSSR count). The standard InChI is InChI=1S/C13H17NO3S/c1-8(15)10(16)11(13(2,3)4)14-12(17)9-6-5-7-18-9/h5-7,11H,1-4H3,(H,14,17). The largest absolute Gasteiger partial charge is 0.340 e. The van der Waals surface area contributed by atoms with Crippen LogP contribution >= 0.6 is 11.3 Å². The molecule has 0 spiro atoms. The van der Waals surface area contributed by atoms with Gasteiger partial charge < -0.3 is 5.32 Å². The summed E-state index contributed by atoms with van der Waals surface area (Å²) < 4.78 is 0. The van der Waals surface area contributed by atoms with Gasteiger partial charge in [-0.05, 0) is 16.9 Å². The Kier molecular flexibility index (Phi) is 4.40. The van der Waals surface area contributed by atoms with E-state index in [4.69, 9.17) is 0 Å². The highest BCUT2D eigenvalue weighted by atomic mass is 32.1. The molecule has 0 bridgehead atoms. The number of Topliss-reactive ketones (excluding diaryl/α,β-unsaturated/α-hetero) is 2.